The van der Waals surface area contributed by atoms with E-state index >= 15 is 0 Å². The number of fused-ring (bicyclic) bond motifs is 1. The second-order valence-corrected chi connectivity index (χ2v) is 7.99. The van der Waals surface area contributed by atoms with E-state index in [1.165, 1.54) is 12.1 Å². The van der Waals surface area contributed by atoms with E-state index in [1.54, 1.807) is 29.2 Å². The number of nitrogens with zero attached hydrogens (tertiary/aromatic N) is 1. The molecular weight excluding hydrogens is 385 g/mol. The van der Waals surface area contributed by atoms with Crippen LogP contribution in [0.3, 0.4) is 0 Å². The minimum atomic E-state index is -0.906. The molecule has 2 aromatic rings. The van der Waals surface area contributed by atoms with Crippen LogP contribution in [0.5, 0.6) is 0 Å². The van der Waals surface area contributed by atoms with Crippen LogP contribution in [0.25, 0.3) is 0 Å². The van der Waals surface area contributed by atoms with Gasteiger partial charge >= 0.3 is 0 Å². The van der Waals surface area contributed by atoms with Crippen molar-refractivity contribution < 1.29 is 18.8 Å². The Bertz CT molecular complexity index is 979. The molecule has 30 heavy (non-hydrogen) atoms. The van der Waals surface area contributed by atoms with Gasteiger partial charge < -0.3 is 16.0 Å². The average molecular weight is 409 g/mol. The van der Waals surface area contributed by atoms with Crippen LogP contribution in [-0.4, -0.2) is 34.7 Å². The van der Waals surface area contributed by atoms with Gasteiger partial charge in [0, 0.05) is 17.3 Å². The molecule has 3 amide bonds. The lowest BCUT2D eigenvalue weighted by atomic mass is 9.84. The van der Waals surface area contributed by atoms with E-state index in [0.29, 0.717) is 12.0 Å². The topological polar surface area (TPSA) is 92.5 Å². The van der Waals surface area contributed by atoms with E-state index in [0.717, 1.165) is 31.7 Å². The lowest BCUT2D eigenvalue weighted by Crippen LogP contribution is -2.47. The highest BCUT2D eigenvalue weighted by Gasteiger charge is 2.47. The highest BCUT2D eigenvalue weighted by Crippen LogP contribution is 2.40. The van der Waals surface area contributed by atoms with Gasteiger partial charge in [0.25, 0.3) is 11.8 Å². The molecule has 6 nitrogen and oxygen atoms in total. The van der Waals surface area contributed by atoms with Crippen LogP contribution in [0.2, 0.25) is 0 Å². The molecule has 156 valence electrons. The number of rotatable bonds is 4. The van der Waals surface area contributed by atoms with E-state index in [-0.39, 0.29) is 35.0 Å². The molecule has 3 atom stereocenters. The van der Waals surface area contributed by atoms with Gasteiger partial charge in [0.1, 0.15) is 11.9 Å². The Morgan fingerprint density at radius 1 is 1.03 bits per heavy atom. The molecule has 3 N–H and O–H groups in total. The monoisotopic (exact) mass is 409 g/mol. The molecule has 0 aromatic heterocycles. The molecule has 1 saturated carbocycles. The van der Waals surface area contributed by atoms with Crippen molar-refractivity contribution in [3.05, 3.63) is 65.5 Å². The van der Waals surface area contributed by atoms with Crippen LogP contribution in [0.4, 0.5) is 10.1 Å². The first kappa shape index (κ1) is 20.1. The van der Waals surface area contributed by atoms with E-state index in [1.807, 2.05) is 6.07 Å². The number of benzene rings is 2. The predicted octanol–water partition coefficient (Wildman–Crippen LogP) is 3.34. The predicted molar refractivity (Wildman–Crippen MR) is 110 cm³/mol. The van der Waals surface area contributed by atoms with Crippen molar-refractivity contribution in [3.63, 3.8) is 0 Å². The lowest BCUT2D eigenvalue weighted by Gasteiger charge is -2.33. The van der Waals surface area contributed by atoms with Crippen molar-refractivity contribution in [1.82, 2.24) is 4.90 Å². The number of carbonyl (C=O) groups excluding carboxylic acids is 3. The van der Waals surface area contributed by atoms with Crippen molar-refractivity contribution in [1.29, 1.82) is 0 Å². The zero-order valence-electron chi connectivity index (χ0n) is 16.5. The summed E-state index contributed by atoms with van der Waals surface area (Å²) in [6.07, 6.45) is 4.61. The number of amides is 3. The summed E-state index contributed by atoms with van der Waals surface area (Å²) in [5, 5.41) is 2.75. The fraction of sp³-hybridized carbons (Fsp3) is 0.348. The van der Waals surface area contributed by atoms with Crippen LogP contribution in [0.15, 0.2) is 48.5 Å². The number of carbonyl (C=O) groups is 3. The van der Waals surface area contributed by atoms with Gasteiger partial charge in [0.2, 0.25) is 5.91 Å². The Labute approximate surface area is 174 Å². The number of hydrogen-bond acceptors (Lipinski definition) is 3. The van der Waals surface area contributed by atoms with Crippen LogP contribution < -0.4 is 11.1 Å². The molecule has 0 radical (unpaired) electrons. The van der Waals surface area contributed by atoms with Crippen molar-refractivity contribution in [2.45, 2.75) is 44.2 Å². The maximum atomic E-state index is 13.7. The quantitative estimate of drug-likeness (QED) is 0.811. The van der Waals surface area contributed by atoms with Crippen molar-refractivity contribution in [2.75, 3.05) is 5.32 Å². The maximum absolute atomic E-state index is 13.7. The first-order valence-corrected chi connectivity index (χ1v) is 10.2. The molecule has 1 heterocycles. The first-order valence-electron chi connectivity index (χ1n) is 10.2. The Balaban J connectivity index is 1.60. The fourth-order valence-corrected chi connectivity index (χ4v) is 4.73. The van der Waals surface area contributed by atoms with Crippen LogP contribution in [-0.2, 0) is 4.79 Å². The zero-order chi connectivity index (χ0) is 21.3. The minimum absolute atomic E-state index is 0.0385. The molecule has 2 aromatic carbocycles. The average Bonchev–Trinajstić information content (AvgIpc) is 3.14. The Morgan fingerprint density at radius 2 is 1.77 bits per heavy atom. The summed E-state index contributed by atoms with van der Waals surface area (Å²) in [6, 6.07) is 12.1. The summed E-state index contributed by atoms with van der Waals surface area (Å²) in [7, 11) is 0. The number of primary amides is 1. The molecule has 1 aliphatic carbocycles. The van der Waals surface area contributed by atoms with E-state index in [4.69, 9.17) is 5.73 Å². The van der Waals surface area contributed by atoms with Crippen molar-refractivity contribution in [2.24, 2.45) is 11.7 Å². The number of anilines is 1. The second-order valence-electron chi connectivity index (χ2n) is 7.99. The second kappa shape index (κ2) is 8.26. The number of nitrogens with one attached hydrogen (secondary N) is 1. The summed E-state index contributed by atoms with van der Waals surface area (Å²) < 4.78 is 13.7. The normalized spacial score (nSPS) is 23.0. The number of nitrogens with two attached hydrogens (primary N) is 1. The Kier molecular flexibility index (Phi) is 5.53. The zero-order valence-corrected chi connectivity index (χ0v) is 16.5. The van der Waals surface area contributed by atoms with Gasteiger partial charge in [0.15, 0.2) is 0 Å². The first-order chi connectivity index (χ1) is 14.5. The van der Waals surface area contributed by atoms with Crippen molar-refractivity contribution >= 4 is 23.4 Å². The highest BCUT2D eigenvalue weighted by molar-refractivity contribution is 6.02. The molecule has 2 aliphatic rings. The summed E-state index contributed by atoms with van der Waals surface area (Å²) in [4.78, 5) is 39.6. The summed E-state index contributed by atoms with van der Waals surface area (Å²) in [5.74, 6) is -1.85. The fourth-order valence-electron chi connectivity index (χ4n) is 4.73. The number of halogens is 1. The molecule has 4 rings (SSSR count). The SMILES string of the molecule is NC(=O)c1cc(NC(=O)C2CC3CCCCC3N2C(=O)c2ccccc2)ccc1F. The molecule has 7 heteroatoms. The molecule has 2 fully saturated rings. The Morgan fingerprint density at radius 3 is 2.50 bits per heavy atom. The van der Waals surface area contributed by atoms with Gasteiger partial charge in [-0.2, -0.15) is 0 Å². The molecule has 1 aliphatic heterocycles. The van der Waals surface area contributed by atoms with Gasteiger partial charge in [-0.15, -0.1) is 0 Å². The van der Waals surface area contributed by atoms with E-state index in [9.17, 15) is 18.8 Å². The van der Waals surface area contributed by atoms with Crippen LogP contribution in [0.1, 0.15) is 52.8 Å². The van der Waals surface area contributed by atoms with E-state index in [2.05, 4.69) is 5.32 Å². The summed E-state index contributed by atoms with van der Waals surface area (Å²) in [5.41, 5.74) is 5.74. The molecule has 3 unspecified atom stereocenters. The van der Waals surface area contributed by atoms with Crippen LogP contribution in [0, 0.1) is 11.7 Å². The van der Waals surface area contributed by atoms with Gasteiger partial charge in [-0.05, 0) is 55.5 Å². The van der Waals surface area contributed by atoms with Gasteiger partial charge in [-0.1, -0.05) is 31.0 Å². The lowest BCUT2D eigenvalue weighted by molar-refractivity contribution is -0.120. The molecule has 0 spiro atoms. The van der Waals surface area contributed by atoms with Gasteiger partial charge in [0.05, 0.1) is 5.56 Å². The largest absolute Gasteiger partial charge is 0.366 e. The smallest absolute Gasteiger partial charge is 0.254 e. The molecule has 0 bridgehead atoms. The summed E-state index contributed by atoms with van der Waals surface area (Å²) in [6.45, 7) is 0. The molecular formula is C23H24FN3O3. The third-order valence-electron chi connectivity index (χ3n) is 6.15. The maximum Gasteiger partial charge on any atom is 0.254 e. The van der Waals surface area contributed by atoms with Crippen LogP contribution >= 0.6 is 0 Å². The summed E-state index contributed by atoms with van der Waals surface area (Å²) >= 11 is 0. The number of likely N-dealkylation sites (tertiary alicyclic amines) is 1. The number of hydrogen-bond donors (Lipinski definition) is 2. The highest BCUT2D eigenvalue weighted by atomic mass is 19.1. The van der Waals surface area contributed by atoms with Crippen molar-refractivity contribution in [3.8, 4) is 0 Å². The molecule has 1 saturated heterocycles. The van der Waals surface area contributed by atoms with Gasteiger partial charge in [-0.3, -0.25) is 14.4 Å². The third kappa shape index (κ3) is 3.79. The van der Waals surface area contributed by atoms with Gasteiger partial charge in [-0.25, -0.2) is 4.39 Å². The third-order valence-corrected chi connectivity index (χ3v) is 6.15. The minimum Gasteiger partial charge on any atom is -0.366 e. The standard InChI is InChI=1S/C23H24FN3O3/c24-18-11-10-16(13-17(18)21(25)28)26-22(29)20-12-15-8-4-5-9-19(15)27(20)23(30)14-6-2-1-3-7-14/h1-3,6-7,10-11,13,15,19-20H,4-5,8-9,12H2,(H2,25,28)(H,26,29). The van der Waals surface area contributed by atoms with E-state index < -0.39 is 17.8 Å². The Hall–Kier alpha value is -3.22.